The fourth-order valence-electron chi connectivity index (χ4n) is 7.51. The third kappa shape index (κ3) is 4.03. The molecule has 1 unspecified atom stereocenters. The Kier molecular flexibility index (Phi) is 6.27. The van der Waals surface area contributed by atoms with Crippen molar-refractivity contribution < 1.29 is 0 Å². The molecule has 201 valence electrons. The van der Waals surface area contributed by atoms with E-state index in [4.69, 9.17) is 0 Å². The van der Waals surface area contributed by atoms with Crippen LogP contribution in [-0.4, -0.2) is 8.80 Å². The van der Waals surface area contributed by atoms with E-state index < -0.39 is 8.80 Å². The van der Waals surface area contributed by atoms with E-state index in [2.05, 4.69) is 146 Å². The van der Waals surface area contributed by atoms with Gasteiger partial charge in [-0.25, -0.2) is 0 Å². The Morgan fingerprint density at radius 2 is 1.33 bits per heavy atom. The molecule has 0 aromatic heterocycles. The molecule has 42 heavy (non-hydrogen) atoms. The predicted octanol–water partition coefficient (Wildman–Crippen LogP) is 8.26. The molecule has 0 saturated heterocycles. The Morgan fingerprint density at radius 3 is 2.10 bits per heavy atom. The third-order valence-electron chi connectivity index (χ3n) is 9.27. The normalized spacial score (nSPS) is 15.0. The molecule has 0 bridgehead atoms. The molecular weight excluding hydrogens is 521 g/mol. The molecule has 0 amide bonds. The number of hydrogen-bond donors (Lipinski definition) is 0. The Morgan fingerprint density at radius 1 is 0.643 bits per heavy atom. The highest BCUT2D eigenvalue weighted by molar-refractivity contribution is 6.95. The van der Waals surface area contributed by atoms with Crippen LogP contribution in [0, 0.1) is 0 Å². The third-order valence-corrected chi connectivity index (χ3v) is 12.1. The second kappa shape index (κ2) is 10.4. The lowest BCUT2D eigenvalue weighted by Gasteiger charge is -2.28. The summed E-state index contributed by atoms with van der Waals surface area (Å²) in [6.07, 6.45) is 5.82. The molecule has 0 aliphatic heterocycles. The highest BCUT2D eigenvalue weighted by Gasteiger charge is 2.36. The first kappa shape index (κ1) is 25.3. The Bertz CT molecular complexity index is 1930. The van der Waals surface area contributed by atoms with Crippen LogP contribution in [0.2, 0.25) is 0 Å². The fourth-order valence-corrected chi connectivity index (χ4v) is 10.3. The summed E-state index contributed by atoms with van der Waals surface area (Å²) in [5.41, 5.74) is 11.9. The van der Waals surface area contributed by atoms with Crippen molar-refractivity contribution in [2.45, 2.75) is 32.1 Å². The van der Waals surface area contributed by atoms with Gasteiger partial charge in [0.05, 0.1) is 0 Å². The van der Waals surface area contributed by atoms with Crippen LogP contribution < -0.4 is 15.6 Å². The molecule has 2 aliphatic rings. The summed E-state index contributed by atoms with van der Waals surface area (Å²) in [6.45, 7) is 2.33. The van der Waals surface area contributed by atoms with Crippen LogP contribution >= 0.6 is 0 Å². The molecule has 6 aromatic rings. The molecule has 0 fully saturated rings. The summed E-state index contributed by atoms with van der Waals surface area (Å²) in [5, 5.41) is 7.14. The maximum Gasteiger partial charge on any atom is 0.154 e. The first-order valence-corrected chi connectivity index (χ1v) is 16.8. The summed E-state index contributed by atoms with van der Waals surface area (Å²) >= 11 is 0. The highest BCUT2D eigenvalue weighted by atomic mass is 28.3. The van der Waals surface area contributed by atoms with E-state index in [1.54, 1.807) is 11.1 Å². The lowest BCUT2D eigenvalue weighted by Crippen LogP contribution is -2.53. The Labute approximate surface area is 250 Å². The van der Waals surface area contributed by atoms with Gasteiger partial charge in [-0.2, -0.15) is 0 Å². The van der Waals surface area contributed by atoms with Crippen molar-refractivity contribution in [1.82, 2.24) is 0 Å². The second-order valence-electron chi connectivity index (χ2n) is 11.7. The van der Waals surface area contributed by atoms with Crippen LogP contribution in [0.3, 0.4) is 0 Å². The summed E-state index contributed by atoms with van der Waals surface area (Å²) in [4.78, 5) is 0. The van der Waals surface area contributed by atoms with E-state index in [1.807, 2.05) is 0 Å². The van der Waals surface area contributed by atoms with Crippen molar-refractivity contribution in [1.29, 1.82) is 0 Å². The smallest absolute Gasteiger partial charge is 0.0651 e. The first-order chi connectivity index (χ1) is 20.8. The van der Waals surface area contributed by atoms with E-state index in [0.717, 1.165) is 19.3 Å². The lowest BCUT2D eigenvalue weighted by molar-refractivity contribution is 0.827. The molecule has 0 nitrogen and oxygen atoms in total. The topological polar surface area (TPSA) is 0 Å². The van der Waals surface area contributed by atoms with Crippen LogP contribution in [0.15, 0.2) is 139 Å². The largest absolute Gasteiger partial charge is 0.154 e. The van der Waals surface area contributed by atoms with Crippen molar-refractivity contribution in [3.8, 4) is 11.1 Å². The van der Waals surface area contributed by atoms with E-state index in [1.165, 1.54) is 59.7 Å². The molecule has 0 saturated carbocycles. The van der Waals surface area contributed by atoms with E-state index in [0.29, 0.717) is 0 Å². The minimum Gasteiger partial charge on any atom is -0.0651 e. The van der Waals surface area contributed by atoms with Crippen LogP contribution in [0.1, 0.15) is 53.5 Å². The monoisotopic (exact) mass is 553 g/mol. The minimum absolute atomic E-state index is 0.274. The van der Waals surface area contributed by atoms with Gasteiger partial charge in [0.15, 0.2) is 8.80 Å². The number of hydrogen-bond acceptors (Lipinski definition) is 0. The minimum atomic E-state index is -1.26. The van der Waals surface area contributed by atoms with Crippen LogP contribution in [0.5, 0.6) is 0 Å². The van der Waals surface area contributed by atoms with Gasteiger partial charge in [0.2, 0.25) is 0 Å². The fraction of sp³-hybridized carbons (Fsp3) is 0.122. The van der Waals surface area contributed by atoms with E-state index in [9.17, 15) is 0 Å². The zero-order chi connectivity index (χ0) is 28.0. The SMILES string of the molecule is CCCC1=Cc2c(ccc3ccccc23)C1c1c([Si](c2ccccc2)c2ccccc2)ccc2c1Cc1ccccc1-2. The van der Waals surface area contributed by atoms with Gasteiger partial charge in [-0.1, -0.05) is 169 Å². The molecule has 1 atom stereocenters. The van der Waals surface area contributed by atoms with E-state index in [-0.39, 0.29) is 5.92 Å². The van der Waals surface area contributed by atoms with Gasteiger partial charge in [0, 0.05) is 5.92 Å². The molecule has 0 N–H and O–H groups in total. The molecule has 8 rings (SSSR count). The standard InChI is InChI=1S/C41H33Si/c1-2-13-30-27-37-33-20-11-9-14-28(33)22-23-36(37)40(30)41-38-26-29-15-10-12-21-34(29)35(38)24-25-39(41)42(31-16-5-3-6-17-31)32-18-7-4-8-19-32/h3-12,14-25,27,40H,2,13,26H2,1H3. The number of rotatable bonds is 6. The summed E-state index contributed by atoms with van der Waals surface area (Å²) < 4.78 is 0. The van der Waals surface area contributed by atoms with Crippen molar-refractivity contribution in [2.75, 3.05) is 0 Å². The zero-order valence-corrected chi connectivity index (χ0v) is 25.0. The molecule has 1 radical (unpaired) electrons. The Hall–Kier alpha value is -4.46. The number of fused-ring (bicyclic) bond motifs is 6. The predicted molar refractivity (Wildman–Crippen MR) is 181 cm³/mol. The van der Waals surface area contributed by atoms with Crippen molar-refractivity contribution in [2.24, 2.45) is 0 Å². The number of benzene rings is 6. The van der Waals surface area contributed by atoms with Gasteiger partial charge in [0.1, 0.15) is 0 Å². The molecule has 6 aromatic carbocycles. The van der Waals surface area contributed by atoms with Crippen molar-refractivity contribution in [3.63, 3.8) is 0 Å². The van der Waals surface area contributed by atoms with Crippen LogP contribution in [-0.2, 0) is 6.42 Å². The second-order valence-corrected chi connectivity index (χ2v) is 14.1. The Balaban J connectivity index is 1.44. The molecule has 1 heteroatoms. The van der Waals surface area contributed by atoms with Crippen molar-refractivity contribution in [3.05, 3.63) is 167 Å². The number of allylic oxidation sites excluding steroid dienone is 1. The lowest BCUT2D eigenvalue weighted by atomic mass is 9.82. The van der Waals surface area contributed by atoms with Gasteiger partial charge < -0.3 is 0 Å². The van der Waals surface area contributed by atoms with Gasteiger partial charge in [-0.15, -0.1) is 0 Å². The zero-order valence-electron chi connectivity index (χ0n) is 24.0. The summed E-state index contributed by atoms with van der Waals surface area (Å²) in [6, 6.07) is 50.3. The molecule has 0 spiro atoms. The average Bonchev–Trinajstić information content (AvgIpc) is 3.61. The summed E-state index contributed by atoms with van der Waals surface area (Å²) in [7, 11) is -1.26. The van der Waals surface area contributed by atoms with Crippen LogP contribution in [0.4, 0.5) is 0 Å². The average molecular weight is 554 g/mol. The van der Waals surface area contributed by atoms with Gasteiger partial charge >= 0.3 is 0 Å². The molecule has 2 aliphatic carbocycles. The van der Waals surface area contributed by atoms with Crippen molar-refractivity contribution >= 4 is 41.2 Å². The molecule has 0 heterocycles. The maximum atomic E-state index is 2.55. The van der Waals surface area contributed by atoms with Gasteiger partial charge in [0.25, 0.3) is 0 Å². The van der Waals surface area contributed by atoms with Crippen LogP contribution in [0.25, 0.3) is 28.0 Å². The maximum absolute atomic E-state index is 2.55. The first-order valence-electron chi connectivity index (χ1n) is 15.3. The van der Waals surface area contributed by atoms with Gasteiger partial charge in [-0.3, -0.25) is 0 Å². The molecular formula is C41H33Si. The summed E-state index contributed by atoms with van der Waals surface area (Å²) in [5.74, 6) is 0.274. The van der Waals surface area contributed by atoms with E-state index >= 15 is 0 Å². The quantitative estimate of drug-likeness (QED) is 0.144. The highest BCUT2D eigenvalue weighted by Crippen LogP contribution is 2.49. The van der Waals surface area contributed by atoms with Gasteiger partial charge in [-0.05, 0) is 67.7 Å².